The number of imidazole rings is 1. The highest BCUT2D eigenvalue weighted by Gasteiger charge is 2.16. The second-order valence-electron chi connectivity index (χ2n) is 5.33. The molecule has 0 amide bonds. The van der Waals surface area contributed by atoms with Gasteiger partial charge in [0.1, 0.15) is 17.1 Å². The normalized spacial score (nSPS) is 13.0. The highest BCUT2D eigenvalue weighted by Crippen LogP contribution is 2.28. The molecule has 2 rings (SSSR count). The van der Waals surface area contributed by atoms with E-state index < -0.39 is 0 Å². The molecule has 1 unspecified atom stereocenters. The molecule has 0 spiro atoms. The summed E-state index contributed by atoms with van der Waals surface area (Å²) in [5.41, 5.74) is 1.90. The summed E-state index contributed by atoms with van der Waals surface area (Å²) in [7, 11) is 0. The molecule has 2 aromatic rings. The number of benzene rings is 1. The standard InChI is InChI=1S/C16H23ClN2O2/c1-5-20-12(4)10-19-13-7-6-8-14(21-11(2)3)16(13)18-15(19)9-17/h6-8,11-12H,5,9-10H2,1-4H3. The minimum atomic E-state index is 0.113. The number of fused-ring (bicyclic) bond motifs is 1. The topological polar surface area (TPSA) is 36.3 Å². The molecule has 0 N–H and O–H groups in total. The predicted octanol–water partition coefficient (Wildman–Crippen LogP) is 3.99. The van der Waals surface area contributed by atoms with Crippen molar-refractivity contribution in [1.82, 2.24) is 9.55 Å². The summed E-state index contributed by atoms with van der Waals surface area (Å²) >= 11 is 6.06. The van der Waals surface area contributed by atoms with E-state index in [0.29, 0.717) is 12.5 Å². The number of aromatic nitrogens is 2. The monoisotopic (exact) mass is 310 g/mol. The van der Waals surface area contributed by atoms with Crippen LogP contribution in [0.4, 0.5) is 0 Å². The molecule has 5 heteroatoms. The molecule has 1 atom stereocenters. The molecule has 0 radical (unpaired) electrons. The molecule has 21 heavy (non-hydrogen) atoms. The van der Waals surface area contributed by atoms with E-state index in [1.165, 1.54) is 0 Å². The number of rotatable bonds is 7. The first-order valence-corrected chi connectivity index (χ1v) is 7.92. The van der Waals surface area contributed by atoms with Gasteiger partial charge >= 0.3 is 0 Å². The third-order valence-corrected chi connectivity index (χ3v) is 3.43. The van der Waals surface area contributed by atoms with Gasteiger partial charge in [-0.1, -0.05) is 6.07 Å². The van der Waals surface area contributed by atoms with Gasteiger partial charge in [-0.15, -0.1) is 11.6 Å². The van der Waals surface area contributed by atoms with Crippen LogP contribution < -0.4 is 4.74 Å². The third-order valence-electron chi connectivity index (χ3n) is 3.19. The van der Waals surface area contributed by atoms with Crippen LogP contribution in [0.2, 0.25) is 0 Å². The Bertz CT molecular complexity index is 595. The smallest absolute Gasteiger partial charge is 0.147 e. The average molecular weight is 311 g/mol. The van der Waals surface area contributed by atoms with Gasteiger partial charge in [0.05, 0.1) is 30.1 Å². The van der Waals surface area contributed by atoms with E-state index in [-0.39, 0.29) is 12.2 Å². The van der Waals surface area contributed by atoms with E-state index >= 15 is 0 Å². The zero-order chi connectivity index (χ0) is 15.4. The Balaban J connectivity index is 2.44. The van der Waals surface area contributed by atoms with Crippen LogP contribution in [0.5, 0.6) is 5.75 Å². The van der Waals surface area contributed by atoms with Gasteiger partial charge < -0.3 is 14.0 Å². The van der Waals surface area contributed by atoms with Gasteiger partial charge in [0.15, 0.2) is 0 Å². The van der Waals surface area contributed by atoms with Gasteiger partial charge in [-0.2, -0.15) is 0 Å². The Morgan fingerprint density at radius 3 is 2.67 bits per heavy atom. The average Bonchev–Trinajstić information content (AvgIpc) is 2.78. The van der Waals surface area contributed by atoms with Crippen molar-refractivity contribution in [3.8, 4) is 5.75 Å². The van der Waals surface area contributed by atoms with Crippen LogP contribution in [0.3, 0.4) is 0 Å². The number of para-hydroxylation sites is 1. The van der Waals surface area contributed by atoms with Crippen LogP contribution >= 0.6 is 11.6 Å². The third kappa shape index (κ3) is 3.69. The number of ether oxygens (including phenoxy) is 2. The van der Waals surface area contributed by atoms with Crippen LogP contribution in [0.15, 0.2) is 18.2 Å². The first-order valence-electron chi connectivity index (χ1n) is 7.39. The Morgan fingerprint density at radius 2 is 2.05 bits per heavy atom. The van der Waals surface area contributed by atoms with E-state index in [1.807, 2.05) is 39.0 Å². The van der Waals surface area contributed by atoms with E-state index in [1.54, 1.807) is 0 Å². The summed E-state index contributed by atoms with van der Waals surface area (Å²) in [6.45, 7) is 9.51. The maximum Gasteiger partial charge on any atom is 0.147 e. The molecule has 0 aliphatic rings. The quantitative estimate of drug-likeness (QED) is 0.726. The van der Waals surface area contributed by atoms with E-state index in [4.69, 9.17) is 21.1 Å². The fourth-order valence-electron chi connectivity index (χ4n) is 2.42. The lowest BCUT2D eigenvalue weighted by Gasteiger charge is -2.15. The van der Waals surface area contributed by atoms with Gasteiger partial charge in [-0.05, 0) is 39.8 Å². The van der Waals surface area contributed by atoms with Crippen molar-refractivity contribution in [1.29, 1.82) is 0 Å². The highest BCUT2D eigenvalue weighted by atomic mass is 35.5. The van der Waals surface area contributed by atoms with Gasteiger partial charge in [0.25, 0.3) is 0 Å². The number of nitrogens with zero attached hydrogens (tertiary/aromatic N) is 2. The van der Waals surface area contributed by atoms with Gasteiger partial charge in [-0.25, -0.2) is 4.98 Å². The summed E-state index contributed by atoms with van der Waals surface area (Å²) < 4.78 is 13.6. The Labute approximate surface area is 131 Å². The molecule has 0 fully saturated rings. The summed E-state index contributed by atoms with van der Waals surface area (Å²) in [5.74, 6) is 2.02. The highest BCUT2D eigenvalue weighted by molar-refractivity contribution is 6.16. The maximum absolute atomic E-state index is 6.06. The second-order valence-corrected chi connectivity index (χ2v) is 5.60. The predicted molar refractivity (Wildman–Crippen MR) is 86.1 cm³/mol. The number of hydrogen-bond donors (Lipinski definition) is 0. The SMILES string of the molecule is CCOC(C)Cn1c(CCl)nc2c(OC(C)C)cccc21. The summed E-state index contributed by atoms with van der Waals surface area (Å²) in [4.78, 5) is 4.65. The second kappa shape index (κ2) is 7.14. The molecule has 1 aromatic carbocycles. The van der Waals surface area contributed by atoms with Crippen LogP contribution in [0, 0.1) is 0 Å². The largest absolute Gasteiger partial charge is 0.489 e. The fourth-order valence-corrected chi connectivity index (χ4v) is 2.62. The zero-order valence-electron chi connectivity index (χ0n) is 13.1. The molecule has 1 heterocycles. The number of hydrogen-bond acceptors (Lipinski definition) is 3. The van der Waals surface area contributed by atoms with E-state index in [9.17, 15) is 0 Å². The van der Waals surface area contributed by atoms with Crippen molar-refractivity contribution in [3.63, 3.8) is 0 Å². The van der Waals surface area contributed by atoms with Crippen LogP contribution in [-0.2, 0) is 17.2 Å². The summed E-state index contributed by atoms with van der Waals surface area (Å²) in [6.07, 6.45) is 0.228. The van der Waals surface area contributed by atoms with Crippen LogP contribution in [0.25, 0.3) is 11.0 Å². The molecule has 116 valence electrons. The Kier molecular flexibility index (Phi) is 5.48. The molecule has 0 saturated carbocycles. The van der Waals surface area contributed by atoms with Gasteiger partial charge in [0, 0.05) is 6.61 Å². The van der Waals surface area contributed by atoms with Crippen molar-refractivity contribution in [3.05, 3.63) is 24.0 Å². The Hall–Kier alpha value is -1.26. The lowest BCUT2D eigenvalue weighted by atomic mass is 10.2. The molecule has 4 nitrogen and oxygen atoms in total. The first kappa shape index (κ1) is 16.1. The van der Waals surface area contributed by atoms with Crippen LogP contribution in [0.1, 0.15) is 33.5 Å². The molecular formula is C16H23ClN2O2. The minimum absolute atomic E-state index is 0.113. The van der Waals surface area contributed by atoms with Crippen molar-refractivity contribution >= 4 is 22.6 Å². The molecule has 1 aromatic heterocycles. The lowest BCUT2D eigenvalue weighted by molar-refractivity contribution is 0.0643. The molecule has 0 aliphatic heterocycles. The molecular weight excluding hydrogens is 288 g/mol. The lowest BCUT2D eigenvalue weighted by Crippen LogP contribution is -2.17. The fraction of sp³-hybridized carbons (Fsp3) is 0.562. The van der Waals surface area contributed by atoms with Crippen molar-refractivity contribution in [2.45, 2.75) is 52.3 Å². The van der Waals surface area contributed by atoms with E-state index in [0.717, 1.165) is 29.2 Å². The number of halogens is 1. The number of alkyl halides is 1. The molecule has 0 saturated heterocycles. The van der Waals surface area contributed by atoms with Crippen molar-refractivity contribution < 1.29 is 9.47 Å². The summed E-state index contributed by atoms with van der Waals surface area (Å²) in [5, 5.41) is 0. The van der Waals surface area contributed by atoms with Crippen molar-refractivity contribution in [2.75, 3.05) is 6.61 Å². The first-order chi connectivity index (χ1) is 10.1. The van der Waals surface area contributed by atoms with Crippen molar-refractivity contribution in [2.24, 2.45) is 0 Å². The molecule has 0 bridgehead atoms. The van der Waals surface area contributed by atoms with Gasteiger partial charge in [0.2, 0.25) is 0 Å². The summed E-state index contributed by atoms with van der Waals surface area (Å²) in [6, 6.07) is 5.98. The van der Waals surface area contributed by atoms with Gasteiger partial charge in [-0.3, -0.25) is 0 Å². The minimum Gasteiger partial charge on any atom is -0.489 e. The van der Waals surface area contributed by atoms with Crippen LogP contribution in [-0.4, -0.2) is 28.4 Å². The zero-order valence-corrected chi connectivity index (χ0v) is 13.9. The maximum atomic E-state index is 6.06. The Morgan fingerprint density at radius 1 is 1.29 bits per heavy atom. The van der Waals surface area contributed by atoms with E-state index in [2.05, 4.69) is 16.5 Å². The molecule has 0 aliphatic carbocycles.